The van der Waals surface area contributed by atoms with Crippen LogP contribution in [0.5, 0.6) is 0 Å². The Morgan fingerprint density at radius 1 is 1.50 bits per heavy atom. The summed E-state index contributed by atoms with van der Waals surface area (Å²) in [6.07, 6.45) is 3.06. The van der Waals surface area contributed by atoms with Gasteiger partial charge in [0.25, 0.3) is 0 Å². The lowest BCUT2D eigenvalue weighted by Crippen LogP contribution is -2.39. The number of amides is 1. The summed E-state index contributed by atoms with van der Waals surface area (Å²) in [5, 5.41) is 8.95. The van der Waals surface area contributed by atoms with Crippen LogP contribution >= 0.6 is 0 Å². The molecule has 4 heteroatoms. The average molecular weight is 229 g/mol. The molecule has 2 unspecified atom stereocenters. The molecule has 1 rings (SSSR count). The average Bonchev–Trinajstić information content (AvgIpc) is 2.70. The minimum absolute atomic E-state index is 0.00148. The first-order chi connectivity index (χ1) is 7.69. The van der Waals surface area contributed by atoms with Gasteiger partial charge in [0.2, 0.25) is 5.91 Å². The normalized spacial score (nSPS) is 24.7. The third-order valence-electron chi connectivity index (χ3n) is 3.01. The predicted molar refractivity (Wildman–Crippen MR) is 62.1 cm³/mol. The Bertz CT molecular complexity index is 220. The highest BCUT2D eigenvalue weighted by atomic mass is 16.5. The fourth-order valence-corrected chi connectivity index (χ4v) is 2.05. The Hall–Kier alpha value is -0.610. The van der Waals surface area contributed by atoms with Crippen LogP contribution < -0.4 is 0 Å². The Morgan fingerprint density at radius 3 is 2.75 bits per heavy atom. The zero-order valence-electron chi connectivity index (χ0n) is 10.3. The van der Waals surface area contributed by atoms with E-state index >= 15 is 0 Å². The molecule has 1 heterocycles. The fraction of sp³-hybridized carbons (Fsp3) is 0.917. The highest BCUT2D eigenvalue weighted by molar-refractivity contribution is 5.79. The molecule has 0 saturated carbocycles. The van der Waals surface area contributed by atoms with Gasteiger partial charge in [-0.1, -0.05) is 13.3 Å². The molecule has 0 aromatic rings. The van der Waals surface area contributed by atoms with E-state index in [0.29, 0.717) is 13.2 Å². The molecule has 1 aliphatic heterocycles. The second-order valence-electron chi connectivity index (χ2n) is 4.48. The van der Waals surface area contributed by atoms with Gasteiger partial charge in [-0.2, -0.15) is 0 Å². The first kappa shape index (κ1) is 13.5. The van der Waals surface area contributed by atoms with Gasteiger partial charge in [0.05, 0.1) is 25.2 Å². The lowest BCUT2D eigenvalue weighted by molar-refractivity contribution is -0.136. The van der Waals surface area contributed by atoms with E-state index in [1.165, 1.54) is 0 Å². The van der Waals surface area contributed by atoms with Crippen molar-refractivity contribution in [2.75, 3.05) is 26.3 Å². The van der Waals surface area contributed by atoms with Crippen LogP contribution in [-0.2, 0) is 9.53 Å². The number of hydrogen-bond donors (Lipinski definition) is 1. The lowest BCUT2D eigenvalue weighted by Gasteiger charge is -2.24. The summed E-state index contributed by atoms with van der Waals surface area (Å²) >= 11 is 0. The third kappa shape index (κ3) is 3.76. The molecule has 0 spiro atoms. The van der Waals surface area contributed by atoms with Crippen molar-refractivity contribution in [3.8, 4) is 0 Å². The van der Waals surface area contributed by atoms with Gasteiger partial charge in [-0.25, -0.2) is 0 Å². The van der Waals surface area contributed by atoms with Crippen LogP contribution in [-0.4, -0.2) is 48.3 Å². The van der Waals surface area contributed by atoms with Crippen molar-refractivity contribution in [2.45, 2.75) is 39.2 Å². The van der Waals surface area contributed by atoms with Crippen molar-refractivity contribution < 1.29 is 14.6 Å². The molecule has 0 aromatic carbocycles. The molecule has 2 atom stereocenters. The number of carbonyl (C=O) groups is 1. The highest BCUT2D eigenvalue weighted by Crippen LogP contribution is 2.21. The summed E-state index contributed by atoms with van der Waals surface area (Å²) in [5.74, 6) is 0.144. The van der Waals surface area contributed by atoms with Gasteiger partial charge in [0, 0.05) is 13.1 Å². The van der Waals surface area contributed by atoms with Crippen molar-refractivity contribution in [1.29, 1.82) is 0 Å². The molecule has 4 nitrogen and oxygen atoms in total. The summed E-state index contributed by atoms with van der Waals surface area (Å²) in [5.41, 5.74) is 0. The van der Waals surface area contributed by atoms with Gasteiger partial charge < -0.3 is 14.7 Å². The Balaban J connectivity index is 2.45. The molecule has 16 heavy (non-hydrogen) atoms. The number of rotatable bonds is 6. The van der Waals surface area contributed by atoms with Gasteiger partial charge in [-0.3, -0.25) is 4.79 Å². The molecule has 1 amide bonds. The number of nitrogens with zero attached hydrogens (tertiary/aromatic N) is 1. The highest BCUT2D eigenvalue weighted by Gasteiger charge is 2.31. The zero-order valence-corrected chi connectivity index (χ0v) is 10.3. The van der Waals surface area contributed by atoms with Gasteiger partial charge in [-0.05, 0) is 19.8 Å². The number of hydrogen-bond acceptors (Lipinski definition) is 3. The molecule has 0 aliphatic carbocycles. The maximum absolute atomic E-state index is 12.1. The second kappa shape index (κ2) is 6.86. The quantitative estimate of drug-likeness (QED) is 0.740. The largest absolute Gasteiger partial charge is 0.395 e. The van der Waals surface area contributed by atoms with Gasteiger partial charge >= 0.3 is 0 Å². The minimum atomic E-state index is -0.00148. The topological polar surface area (TPSA) is 49.8 Å². The summed E-state index contributed by atoms with van der Waals surface area (Å²) in [4.78, 5) is 13.9. The Labute approximate surface area is 97.6 Å². The summed E-state index contributed by atoms with van der Waals surface area (Å²) in [6, 6.07) is 0. The van der Waals surface area contributed by atoms with E-state index in [2.05, 4.69) is 6.92 Å². The van der Waals surface area contributed by atoms with Crippen LogP contribution in [0.4, 0.5) is 0 Å². The fourth-order valence-electron chi connectivity index (χ4n) is 2.05. The molecule has 0 bridgehead atoms. The SMILES string of the molecule is CCCCN(CCO)C(=O)C1COC(C)C1. The monoisotopic (exact) mass is 229 g/mol. The van der Waals surface area contributed by atoms with E-state index in [1.807, 2.05) is 6.92 Å². The van der Waals surface area contributed by atoms with Crippen molar-refractivity contribution >= 4 is 5.91 Å². The molecular formula is C12H23NO3. The van der Waals surface area contributed by atoms with E-state index in [9.17, 15) is 4.79 Å². The van der Waals surface area contributed by atoms with E-state index in [0.717, 1.165) is 25.8 Å². The predicted octanol–water partition coefficient (Wildman–Crippen LogP) is 1.03. The minimum Gasteiger partial charge on any atom is -0.395 e. The van der Waals surface area contributed by atoms with E-state index < -0.39 is 0 Å². The van der Waals surface area contributed by atoms with Crippen LogP contribution in [0.25, 0.3) is 0 Å². The Kier molecular flexibility index (Phi) is 5.77. The molecule has 0 aromatic heterocycles. The van der Waals surface area contributed by atoms with Gasteiger partial charge in [0.15, 0.2) is 0 Å². The molecule has 1 saturated heterocycles. The van der Waals surface area contributed by atoms with Crippen molar-refractivity contribution in [3.05, 3.63) is 0 Å². The number of carbonyl (C=O) groups excluding carboxylic acids is 1. The van der Waals surface area contributed by atoms with E-state index in [4.69, 9.17) is 9.84 Å². The zero-order chi connectivity index (χ0) is 12.0. The van der Waals surface area contributed by atoms with E-state index in [1.54, 1.807) is 4.90 Å². The summed E-state index contributed by atoms with van der Waals surface area (Å²) in [6.45, 7) is 5.87. The number of aliphatic hydroxyl groups excluding tert-OH is 1. The molecular weight excluding hydrogens is 206 g/mol. The van der Waals surface area contributed by atoms with E-state index in [-0.39, 0.29) is 24.5 Å². The van der Waals surface area contributed by atoms with Crippen LogP contribution in [0.1, 0.15) is 33.1 Å². The smallest absolute Gasteiger partial charge is 0.228 e. The van der Waals surface area contributed by atoms with Gasteiger partial charge in [-0.15, -0.1) is 0 Å². The summed E-state index contributed by atoms with van der Waals surface area (Å²) in [7, 11) is 0. The molecule has 1 N–H and O–H groups in total. The van der Waals surface area contributed by atoms with Gasteiger partial charge in [0.1, 0.15) is 0 Å². The Morgan fingerprint density at radius 2 is 2.25 bits per heavy atom. The van der Waals surface area contributed by atoms with Crippen LogP contribution in [0.2, 0.25) is 0 Å². The van der Waals surface area contributed by atoms with Crippen molar-refractivity contribution in [1.82, 2.24) is 4.90 Å². The third-order valence-corrected chi connectivity index (χ3v) is 3.01. The number of unbranched alkanes of at least 4 members (excludes halogenated alkanes) is 1. The standard InChI is InChI=1S/C12H23NO3/c1-3-4-5-13(6-7-14)12(15)11-8-10(2)16-9-11/h10-11,14H,3-9H2,1-2H3. The van der Waals surface area contributed by atoms with Crippen LogP contribution in [0.3, 0.4) is 0 Å². The van der Waals surface area contributed by atoms with Crippen molar-refractivity contribution in [2.24, 2.45) is 5.92 Å². The molecule has 94 valence electrons. The second-order valence-corrected chi connectivity index (χ2v) is 4.48. The maximum atomic E-state index is 12.1. The molecule has 0 radical (unpaired) electrons. The maximum Gasteiger partial charge on any atom is 0.228 e. The van der Waals surface area contributed by atoms with Crippen molar-refractivity contribution in [3.63, 3.8) is 0 Å². The van der Waals surface area contributed by atoms with Crippen LogP contribution in [0.15, 0.2) is 0 Å². The first-order valence-electron chi connectivity index (χ1n) is 6.20. The molecule has 1 fully saturated rings. The lowest BCUT2D eigenvalue weighted by atomic mass is 10.0. The summed E-state index contributed by atoms with van der Waals surface area (Å²) < 4.78 is 5.41. The molecule has 1 aliphatic rings. The number of aliphatic hydroxyl groups is 1. The number of ether oxygens (including phenoxy) is 1. The first-order valence-corrected chi connectivity index (χ1v) is 6.20. The van der Waals surface area contributed by atoms with Crippen LogP contribution in [0, 0.1) is 5.92 Å².